The van der Waals surface area contributed by atoms with Crippen LogP contribution < -0.4 is 11.3 Å². The molecular weight excluding hydrogens is 307 g/mol. The third kappa shape index (κ3) is 3.62. The molecule has 3 N–H and O–H groups in total. The largest absolute Gasteiger partial charge is 0.271 e. The Morgan fingerprint density at radius 1 is 1.21 bits per heavy atom. The lowest BCUT2D eigenvalue weighted by molar-refractivity contribution is 0.510. The first kappa shape index (κ1) is 14.2. The summed E-state index contributed by atoms with van der Waals surface area (Å²) in [6, 6.07) is 12.9. The summed E-state index contributed by atoms with van der Waals surface area (Å²) >= 11 is 3.39. The monoisotopic (exact) mass is 322 g/mol. The van der Waals surface area contributed by atoms with Crippen molar-refractivity contribution in [3.05, 3.63) is 69.4 Å². The normalized spacial score (nSPS) is 12.4. The molecule has 0 aliphatic carbocycles. The third-order valence-electron chi connectivity index (χ3n) is 3.09. The van der Waals surface area contributed by atoms with Gasteiger partial charge in [0.05, 0.1) is 6.04 Å². The molecule has 2 nitrogen and oxygen atoms in total. The Morgan fingerprint density at radius 3 is 2.47 bits per heavy atom. The number of nitrogens with two attached hydrogens (primary N) is 1. The SMILES string of the molecule is Cc1ccc(C(Cc2ccc(Br)cc2)NN)c(F)c1. The van der Waals surface area contributed by atoms with Crippen LogP contribution in [0.15, 0.2) is 46.9 Å². The molecular formula is C15H16BrFN2. The second-order valence-corrected chi connectivity index (χ2v) is 5.49. The van der Waals surface area contributed by atoms with E-state index in [1.807, 2.05) is 37.3 Å². The van der Waals surface area contributed by atoms with Gasteiger partial charge >= 0.3 is 0 Å². The molecule has 2 aromatic rings. The van der Waals surface area contributed by atoms with Gasteiger partial charge in [0, 0.05) is 10.0 Å². The highest BCUT2D eigenvalue weighted by molar-refractivity contribution is 9.10. The van der Waals surface area contributed by atoms with Gasteiger partial charge in [-0.2, -0.15) is 0 Å². The Morgan fingerprint density at radius 2 is 1.89 bits per heavy atom. The summed E-state index contributed by atoms with van der Waals surface area (Å²) in [7, 11) is 0. The van der Waals surface area contributed by atoms with Gasteiger partial charge in [-0.1, -0.05) is 40.2 Å². The first-order valence-electron chi connectivity index (χ1n) is 6.07. The third-order valence-corrected chi connectivity index (χ3v) is 3.61. The molecule has 0 amide bonds. The van der Waals surface area contributed by atoms with Gasteiger partial charge in [-0.15, -0.1) is 0 Å². The van der Waals surface area contributed by atoms with E-state index in [0.29, 0.717) is 12.0 Å². The van der Waals surface area contributed by atoms with Crippen LogP contribution in [0, 0.1) is 12.7 Å². The lowest BCUT2D eigenvalue weighted by Gasteiger charge is -2.17. The molecule has 0 saturated heterocycles. The zero-order valence-corrected chi connectivity index (χ0v) is 12.2. The molecule has 2 aromatic carbocycles. The molecule has 0 saturated carbocycles. The number of benzene rings is 2. The molecule has 1 unspecified atom stereocenters. The van der Waals surface area contributed by atoms with Crippen LogP contribution in [0.3, 0.4) is 0 Å². The lowest BCUT2D eigenvalue weighted by atomic mass is 9.98. The summed E-state index contributed by atoms with van der Waals surface area (Å²) in [6.45, 7) is 1.87. The molecule has 0 aromatic heterocycles. The van der Waals surface area contributed by atoms with Crippen molar-refractivity contribution in [2.45, 2.75) is 19.4 Å². The Hall–Kier alpha value is -1.23. The molecule has 19 heavy (non-hydrogen) atoms. The second-order valence-electron chi connectivity index (χ2n) is 4.57. The molecule has 0 heterocycles. The van der Waals surface area contributed by atoms with E-state index in [2.05, 4.69) is 21.4 Å². The molecule has 2 rings (SSSR count). The Balaban J connectivity index is 2.22. The zero-order chi connectivity index (χ0) is 13.8. The number of aryl methyl sites for hydroxylation is 1. The fourth-order valence-corrected chi connectivity index (χ4v) is 2.29. The summed E-state index contributed by atoms with van der Waals surface area (Å²) in [6.07, 6.45) is 0.643. The zero-order valence-electron chi connectivity index (χ0n) is 10.7. The van der Waals surface area contributed by atoms with Crippen molar-refractivity contribution in [1.29, 1.82) is 0 Å². The highest BCUT2D eigenvalue weighted by Crippen LogP contribution is 2.22. The van der Waals surface area contributed by atoms with Gasteiger partial charge in [-0.25, -0.2) is 4.39 Å². The predicted molar refractivity (Wildman–Crippen MR) is 79.0 cm³/mol. The van der Waals surface area contributed by atoms with Crippen LogP contribution in [-0.4, -0.2) is 0 Å². The van der Waals surface area contributed by atoms with E-state index >= 15 is 0 Å². The van der Waals surface area contributed by atoms with E-state index in [9.17, 15) is 4.39 Å². The highest BCUT2D eigenvalue weighted by atomic mass is 79.9. The van der Waals surface area contributed by atoms with Crippen LogP contribution in [0.1, 0.15) is 22.7 Å². The minimum absolute atomic E-state index is 0.222. The van der Waals surface area contributed by atoms with Gasteiger partial charge < -0.3 is 0 Å². The fourth-order valence-electron chi connectivity index (χ4n) is 2.03. The van der Waals surface area contributed by atoms with E-state index in [1.165, 1.54) is 6.07 Å². The van der Waals surface area contributed by atoms with Gasteiger partial charge in [-0.05, 0) is 42.7 Å². The number of hydrogen-bond acceptors (Lipinski definition) is 2. The van der Waals surface area contributed by atoms with E-state index < -0.39 is 0 Å². The maximum atomic E-state index is 14.0. The average molecular weight is 323 g/mol. The van der Waals surface area contributed by atoms with Crippen LogP contribution in [0.4, 0.5) is 4.39 Å². The predicted octanol–water partition coefficient (Wildman–Crippen LogP) is 3.64. The van der Waals surface area contributed by atoms with E-state index in [-0.39, 0.29) is 11.9 Å². The first-order valence-corrected chi connectivity index (χ1v) is 6.86. The van der Waals surface area contributed by atoms with E-state index in [1.54, 1.807) is 6.07 Å². The maximum Gasteiger partial charge on any atom is 0.128 e. The number of rotatable bonds is 4. The number of hydrogen-bond donors (Lipinski definition) is 2. The van der Waals surface area contributed by atoms with Crippen molar-refractivity contribution < 1.29 is 4.39 Å². The molecule has 0 radical (unpaired) electrons. The van der Waals surface area contributed by atoms with Crippen molar-refractivity contribution in [2.75, 3.05) is 0 Å². The van der Waals surface area contributed by atoms with E-state index in [4.69, 9.17) is 5.84 Å². The minimum Gasteiger partial charge on any atom is -0.271 e. The van der Waals surface area contributed by atoms with Gasteiger partial charge in [0.15, 0.2) is 0 Å². The Bertz CT molecular complexity index is 555. The molecule has 0 aliphatic rings. The summed E-state index contributed by atoms with van der Waals surface area (Å²) < 4.78 is 15.0. The lowest BCUT2D eigenvalue weighted by Crippen LogP contribution is -2.30. The average Bonchev–Trinajstić information content (AvgIpc) is 2.39. The Labute approximate surface area is 120 Å². The quantitative estimate of drug-likeness (QED) is 0.666. The molecule has 100 valence electrons. The van der Waals surface area contributed by atoms with Crippen LogP contribution in [-0.2, 0) is 6.42 Å². The number of nitrogens with one attached hydrogen (secondary N) is 1. The van der Waals surface area contributed by atoms with E-state index in [0.717, 1.165) is 15.6 Å². The Kier molecular flexibility index (Phi) is 4.69. The standard InChI is InChI=1S/C15H16BrFN2/c1-10-2-7-13(14(17)8-10)15(19-18)9-11-3-5-12(16)6-4-11/h2-8,15,19H,9,18H2,1H3. The molecule has 1 atom stereocenters. The topological polar surface area (TPSA) is 38.0 Å². The fraction of sp³-hybridized carbons (Fsp3) is 0.200. The summed E-state index contributed by atoms with van der Waals surface area (Å²) in [5, 5.41) is 0. The minimum atomic E-state index is -0.234. The number of halogens is 2. The molecule has 0 aliphatic heterocycles. The van der Waals surface area contributed by atoms with Crippen molar-refractivity contribution in [2.24, 2.45) is 5.84 Å². The van der Waals surface area contributed by atoms with Gasteiger partial charge in [0.1, 0.15) is 5.82 Å². The first-order chi connectivity index (χ1) is 9.10. The molecule has 4 heteroatoms. The van der Waals surface area contributed by atoms with Crippen LogP contribution in [0.25, 0.3) is 0 Å². The van der Waals surface area contributed by atoms with Crippen molar-refractivity contribution in [3.8, 4) is 0 Å². The second kappa shape index (κ2) is 6.28. The van der Waals surface area contributed by atoms with Crippen LogP contribution >= 0.6 is 15.9 Å². The summed E-state index contributed by atoms with van der Waals surface area (Å²) in [4.78, 5) is 0. The molecule has 0 spiro atoms. The number of hydrazine groups is 1. The van der Waals surface area contributed by atoms with Gasteiger partial charge in [0.25, 0.3) is 0 Å². The smallest absolute Gasteiger partial charge is 0.128 e. The maximum absolute atomic E-state index is 14.0. The van der Waals surface area contributed by atoms with Crippen molar-refractivity contribution >= 4 is 15.9 Å². The highest BCUT2D eigenvalue weighted by Gasteiger charge is 2.15. The van der Waals surface area contributed by atoms with Crippen molar-refractivity contribution in [1.82, 2.24) is 5.43 Å². The summed E-state index contributed by atoms with van der Waals surface area (Å²) in [5.41, 5.74) is 5.29. The van der Waals surface area contributed by atoms with Crippen LogP contribution in [0.5, 0.6) is 0 Å². The molecule has 0 bridgehead atoms. The summed E-state index contributed by atoms with van der Waals surface area (Å²) in [5.74, 6) is 5.34. The van der Waals surface area contributed by atoms with Crippen molar-refractivity contribution in [3.63, 3.8) is 0 Å². The van der Waals surface area contributed by atoms with Crippen LogP contribution in [0.2, 0.25) is 0 Å². The van der Waals surface area contributed by atoms with Gasteiger partial charge in [-0.3, -0.25) is 11.3 Å². The molecule has 0 fully saturated rings. The van der Waals surface area contributed by atoms with Gasteiger partial charge in [0.2, 0.25) is 0 Å².